The van der Waals surface area contributed by atoms with Gasteiger partial charge in [-0.1, -0.05) is 19.9 Å². The summed E-state index contributed by atoms with van der Waals surface area (Å²) in [4.78, 5) is 23.9. The number of methoxy groups -OCH3 is 1. The average Bonchev–Trinajstić information content (AvgIpc) is 2.95. The third-order valence-electron chi connectivity index (χ3n) is 4.19. The van der Waals surface area contributed by atoms with Crippen LogP contribution < -0.4 is 14.8 Å². The minimum atomic E-state index is -0.400. The standard InChI is InChI=1S/C20H21NO5/c1-11(2)8-17(23)26-18-14(6-7-16(22)19(18)25-3)12-4-5-15-13(9-12)10-21-20(15)24/h4-7,9,11,22H,8,10H2,1-3H3,(H,21,24). The molecule has 0 spiro atoms. The van der Waals surface area contributed by atoms with Crippen molar-refractivity contribution in [1.29, 1.82) is 0 Å². The lowest BCUT2D eigenvalue weighted by molar-refractivity contribution is -0.135. The molecule has 0 atom stereocenters. The molecule has 6 heteroatoms. The quantitative estimate of drug-likeness (QED) is 0.635. The fourth-order valence-electron chi connectivity index (χ4n) is 2.97. The summed E-state index contributed by atoms with van der Waals surface area (Å²) in [5.74, 6) is -0.181. The Labute approximate surface area is 151 Å². The maximum Gasteiger partial charge on any atom is 0.311 e. The van der Waals surface area contributed by atoms with Crippen molar-refractivity contribution in [2.24, 2.45) is 5.92 Å². The van der Waals surface area contributed by atoms with Gasteiger partial charge in [0.2, 0.25) is 5.75 Å². The summed E-state index contributed by atoms with van der Waals surface area (Å²) in [7, 11) is 1.41. The first-order valence-corrected chi connectivity index (χ1v) is 8.42. The number of phenols is 1. The number of carbonyl (C=O) groups is 2. The molecule has 0 radical (unpaired) electrons. The normalized spacial score (nSPS) is 12.7. The Bertz CT molecular complexity index is 873. The molecule has 0 saturated heterocycles. The Morgan fingerprint density at radius 1 is 1.19 bits per heavy atom. The van der Waals surface area contributed by atoms with Crippen molar-refractivity contribution in [1.82, 2.24) is 5.32 Å². The van der Waals surface area contributed by atoms with Crippen LogP contribution in [-0.2, 0) is 11.3 Å². The van der Waals surface area contributed by atoms with Crippen LogP contribution in [0.25, 0.3) is 11.1 Å². The van der Waals surface area contributed by atoms with Crippen molar-refractivity contribution >= 4 is 11.9 Å². The highest BCUT2D eigenvalue weighted by Crippen LogP contribution is 2.44. The van der Waals surface area contributed by atoms with E-state index in [4.69, 9.17) is 9.47 Å². The Kier molecular flexibility index (Phi) is 4.84. The van der Waals surface area contributed by atoms with Crippen LogP contribution in [0.3, 0.4) is 0 Å². The van der Waals surface area contributed by atoms with Crippen molar-refractivity contribution < 1.29 is 24.2 Å². The molecular formula is C20H21NO5. The lowest BCUT2D eigenvalue weighted by Gasteiger charge is -2.16. The van der Waals surface area contributed by atoms with E-state index in [1.807, 2.05) is 19.9 Å². The van der Waals surface area contributed by atoms with E-state index >= 15 is 0 Å². The van der Waals surface area contributed by atoms with Crippen molar-refractivity contribution in [2.45, 2.75) is 26.8 Å². The average molecular weight is 355 g/mol. The molecular weight excluding hydrogens is 334 g/mol. The van der Waals surface area contributed by atoms with Crippen LogP contribution in [-0.4, -0.2) is 24.1 Å². The molecule has 1 aliphatic heterocycles. The van der Waals surface area contributed by atoms with Gasteiger partial charge in [0.15, 0.2) is 11.5 Å². The maximum absolute atomic E-state index is 12.2. The third kappa shape index (κ3) is 3.35. The summed E-state index contributed by atoms with van der Waals surface area (Å²) in [6.07, 6.45) is 0.251. The van der Waals surface area contributed by atoms with Gasteiger partial charge in [-0.3, -0.25) is 9.59 Å². The molecule has 0 bridgehead atoms. The van der Waals surface area contributed by atoms with Gasteiger partial charge in [-0.05, 0) is 41.3 Å². The van der Waals surface area contributed by atoms with E-state index in [0.29, 0.717) is 17.7 Å². The van der Waals surface area contributed by atoms with Crippen LogP contribution in [0, 0.1) is 5.92 Å². The second-order valence-electron chi connectivity index (χ2n) is 6.62. The summed E-state index contributed by atoms with van der Waals surface area (Å²) < 4.78 is 10.8. The van der Waals surface area contributed by atoms with Gasteiger partial charge in [-0.2, -0.15) is 0 Å². The Hall–Kier alpha value is -3.02. The molecule has 0 aliphatic carbocycles. The van der Waals surface area contributed by atoms with Crippen LogP contribution in [0.2, 0.25) is 0 Å². The maximum atomic E-state index is 12.2. The first-order valence-electron chi connectivity index (χ1n) is 8.42. The number of amides is 1. The van der Waals surface area contributed by atoms with Crippen LogP contribution >= 0.6 is 0 Å². The number of rotatable bonds is 5. The van der Waals surface area contributed by atoms with Crippen molar-refractivity contribution in [2.75, 3.05) is 7.11 Å². The summed E-state index contributed by atoms with van der Waals surface area (Å²) in [6, 6.07) is 8.56. The number of hydrogen-bond acceptors (Lipinski definition) is 5. The Balaban J connectivity index is 2.07. The monoisotopic (exact) mass is 355 g/mol. The van der Waals surface area contributed by atoms with E-state index in [-0.39, 0.29) is 35.5 Å². The molecule has 3 rings (SSSR count). The SMILES string of the molecule is COc1c(O)ccc(-c2ccc3c(c2)CNC3=O)c1OC(=O)CC(C)C. The number of aromatic hydroxyl groups is 1. The fourth-order valence-corrected chi connectivity index (χ4v) is 2.97. The van der Waals surface area contributed by atoms with Gasteiger partial charge in [-0.15, -0.1) is 0 Å². The van der Waals surface area contributed by atoms with E-state index in [1.54, 1.807) is 18.2 Å². The zero-order chi connectivity index (χ0) is 18.8. The molecule has 0 aromatic heterocycles. The first kappa shape index (κ1) is 17.8. The molecule has 1 heterocycles. The summed E-state index contributed by atoms with van der Waals surface area (Å²) in [6.45, 7) is 4.30. The largest absolute Gasteiger partial charge is 0.504 e. The topological polar surface area (TPSA) is 84.9 Å². The van der Waals surface area contributed by atoms with Crippen molar-refractivity contribution in [3.63, 3.8) is 0 Å². The van der Waals surface area contributed by atoms with Gasteiger partial charge >= 0.3 is 5.97 Å². The zero-order valence-electron chi connectivity index (χ0n) is 15.0. The van der Waals surface area contributed by atoms with E-state index in [9.17, 15) is 14.7 Å². The van der Waals surface area contributed by atoms with Crippen LogP contribution in [0.15, 0.2) is 30.3 Å². The van der Waals surface area contributed by atoms with E-state index < -0.39 is 5.97 Å². The van der Waals surface area contributed by atoms with E-state index in [1.165, 1.54) is 13.2 Å². The first-order chi connectivity index (χ1) is 12.4. The summed E-state index contributed by atoms with van der Waals surface area (Å²) in [5.41, 5.74) is 2.89. The molecule has 136 valence electrons. The number of fused-ring (bicyclic) bond motifs is 1. The third-order valence-corrected chi connectivity index (χ3v) is 4.19. The molecule has 1 amide bonds. The zero-order valence-corrected chi connectivity index (χ0v) is 15.0. The number of hydrogen-bond donors (Lipinski definition) is 2. The highest BCUT2D eigenvalue weighted by molar-refractivity contribution is 5.99. The van der Waals surface area contributed by atoms with Gasteiger partial charge in [0.05, 0.1) is 7.11 Å². The predicted octanol–water partition coefficient (Wildman–Crippen LogP) is 3.26. The fraction of sp³-hybridized carbons (Fsp3) is 0.300. The smallest absolute Gasteiger partial charge is 0.311 e. The van der Waals surface area contributed by atoms with Gasteiger partial charge in [0.1, 0.15) is 0 Å². The van der Waals surface area contributed by atoms with E-state index in [2.05, 4.69) is 5.32 Å². The van der Waals surface area contributed by atoms with Gasteiger partial charge in [0.25, 0.3) is 5.91 Å². The lowest BCUT2D eigenvalue weighted by Crippen LogP contribution is -2.12. The molecule has 2 aromatic rings. The minimum absolute atomic E-state index is 0.0987. The van der Waals surface area contributed by atoms with Gasteiger partial charge in [-0.25, -0.2) is 0 Å². The van der Waals surface area contributed by atoms with Crippen molar-refractivity contribution in [3.05, 3.63) is 41.5 Å². The molecule has 6 nitrogen and oxygen atoms in total. The van der Waals surface area contributed by atoms with Gasteiger partial charge < -0.3 is 19.9 Å². The van der Waals surface area contributed by atoms with Crippen LogP contribution in [0.4, 0.5) is 0 Å². The molecule has 0 saturated carbocycles. The second kappa shape index (κ2) is 7.07. The minimum Gasteiger partial charge on any atom is -0.504 e. The summed E-state index contributed by atoms with van der Waals surface area (Å²) in [5, 5.41) is 12.9. The lowest BCUT2D eigenvalue weighted by atomic mass is 9.99. The molecule has 2 aromatic carbocycles. The van der Waals surface area contributed by atoms with Crippen LogP contribution in [0.1, 0.15) is 36.2 Å². The molecule has 2 N–H and O–H groups in total. The molecule has 1 aliphatic rings. The molecule has 0 fully saturated rings. The number of esters is 1. The number of nitrogens with one attached hydrogen (secondary N) is 1. The van der Waals surface area contributed by atoms with Crippen LogP contribution in [0.5, 0.6) is 17.2 Å². The number of carbonyl (C=O) groups excluding carboxylic acids is 2. The highest BCUT2D eigenvalue weighted by atomic mass is 16.6. The highest BCUT2D eigenvalue weighted by Gasteiger charge is 2.23. The predicted molar refractivity (Wildman–Crippen MR) is 96.4 cm³/mol. The van der Waals surface area contributed by atoms with E-state index in [0.717, 1.165) is 11.1 Å². The summed E-state index contributed by atoms with van der Waals surface area (Å²) >= 11 is 0. The van der Waals surface area contributed by atoms with Crippen molar-refractivity contribution in [3.8, 4) is 28.4 Å². The number of ether oxygens (including phenoxy) is 2. The number of phenolic OH excluding ortho intramolecular Hbond substituents is 1. The van der Waals surface area contributed by atoms with Gasteiger partial charge in [0, 0.05) is 24.1 Å². The molecule has 0 unspecified atom stereocenters. The Morgan fingerprint density at radius 3 is 2.62 bits per heavy atom. The second-order valence-corrected chi connectivity index (χ2v) is 6.62. The molecule has 26 heavy (non-hydrogen) atoms. The Morgan fingerprint density at radius 2 is 1.92 bits per heavy atom. The number of benzene rings is 2.